The van der Waals surface area contributed by atoms with Crippen molar-refractivity contribution in [3.05, 3.63) is 63.1 Å². The molecule has 0 radical (unpaired) electrons. The highest BCUT2D eigenvalue weighted by atomic mass is 16.6. The zero-order valence-corrected chi connectivity index (χ0v) is 14.8. The first-order chi connectivity index (χ1) is 13.6. The fourth-order valence-corrected chi connectivity index (χ4v) is 2.91. The van der Waals surface area contributed by atoms with Crippen LogP contribution in [-0.4, -0.2) is 44.5 Å². The molecule has 1 aromatic carbocycles. The Balaban J connectivity index is 1.78. The van der Waals surface area contributed by atoms with Crippen molar-refractivity contribution in [2.24, 2.45) is 0 Å². The Hall–Kier alpha value is -3.96. The van der Waals surface area contributed by atoms with E-state index in [1.54, 1.807) is 22.9 Å². The van der Waals surface area contributed by atoms with E-state index in [2.05, 4.69) is 25.6 Å². The first-order valence-electron chi connectivity index (χ1n) is 8.52. The van der Waals surface area contributed by atoms with Crippen molar-refractivity contribution < 1.29 is 4.92 Å². The highest BCUT2D eigenvalue weighted by molar-refractivity contribution is 5.76. The Morgan fingerprint density at radius 3 is 2.86 bits per heavy atom. The fourth-order valence-electron chi connectivity index (χ4n) is 2.91. The van der Waals surface area contributed by atoms with Crippen LogP contribution in [0.5, 0.6) is 0 Å². The van der Waals surface area contributed by atoms with Crippen LogP contribution in [0.2, 0.25) is 0 Å². The summed E-state index contributed by atoms with van der Waals surface area (Å²) in [5, 5.41) is 27.2. The standard InChI is InChI=1S/C16H15N9O3/c1-2-7-23-14(19-20-21-23)9-22-10-17-15-11(16(22)26)8-18-24(15)12-5-3-4-6-13(12)25(27)28/h3-6,8,10H,2,7,9H2,1H3. The molecule has 0 saturated heterocycles. The second kappa shape index (κ2) is 6.98. The maximum Gasteiger partial charge on any atom is 0.294 e. The molecule has 4 rings (SSSR count). The summed E-state index contributed by atoms with van der Waals surface area (Å²) < 4.78 is 4.30. The molecule has 12 heteroatoms. The van der Waals surface area contributed by atoms with Crippen LogP contribution in [0.15, 0.2) is 41.6 Å². The predicted octanol–water partition coefficient (Wildman–Crippen LogP) is 0.935. The van der Waals surface area contributed by atoms with E-state index in [1.807, 2.05) is 6.92 Å². The third-order valence-electron chi connectivity index (χ3n) is 4.21. The van der Waals surface area contributed by atoms with Gasteiger partial charge in [0.25, 0.3) is 11.2 Å². The second-order valence-electron chi connectivity index (χ2n) is 6.04. The zero-order chi connectivity index (χ0) is 19.7. The minimum absolute atomic E-state index is 0.128. The Morgan fingerprint density at radius 1 is 1.25 bits per heavy atom. The van der Waals surface area contributed by atoms with Gasteiger partial charge >= 0.3 is 0 Å². The Morgan fingerprint density at radius 2 is 2.07 bits per heavy atom. The minimum Gasteiger partial charge on any atom is -0.291 e. The summed E-state index contributed by atoms with van der Waals surface area (Å²) in [7, 11) is 0. The Kier molecular flexibility index (Phi) is 4.35. The Labute approximate surface area is 157 Å². The van der Waals surface area contributed by atoms with Gasteiger partial charge in [-0.2, -0.15) is 5.10 Å². The summed E-state index contributed by atoms with van der Waals surface area (Å²) in [5.74, 6) is 0.538. The van der Waals surface area contributed by atoms with Gasteiger partial charge in [-0.1, -0.05) is 19.1 Å². The number of rotatable bonds is 6. The van der Waals surface area contributed by atoms with E-state index >= 15 is 0 Å². The van der Waals surface area contributed by atoms with Gasteiger partial charge in [0.15, 0.2) is 11.5 Å². The minimum atomic E-state index is -0.502. The number of para-hydroxylation sites is 2. The van der Waals surface area contributed by atoms with Gasteiger partial charge in [0.2, 0.25) is 0 Å². The van der Waals surface area contributed by atoms with E-state index in [0.717, 1.165) is 6.42 Å². The van der Waals surface area contributed by atoms with Crippen LogP contribution >= 0.6 is 0 Å². The summed E-state index contributed by atoms with van der Waals surface area (Å²) in [6.07, 6.45) is 3.57. The average Bonchev–Trinajstić information content (AvgIpc) is 3.31. The molecule has 0 amide bonds. The highest BCUT2D eigenvalue weighted by Gasteiger charge is 2.19. The quantitative estimate of drug-likeness (QED) is 0.355. The lowest BCUT2D eigenvalue weighted by Crippen LogP contribution is -2.23. The van der Waals surface area contributed by atoms with E-state index in [9.17, 15) is 14.9 Å². The number of aromatic nitrogens is 8. The molecule has 0 saturated carbocycles. The number of tetrazole rings is 1. The molecule has 0 aliphatic rings. The molecule has 0 fully saturated rings. The van der Waals surface area contributed by atoms with Crippen molar-refractivity contribution in [1.82, 2.24) is 39.5 Å². The van der Waals surface area contributed by atoms with E-state index in [1.165, 1.54) is 27.8 Å². The van der Waals surface area contributed by atoms with Crippen molar-refractivity contribution in [3.63, 3.8) is 0 Å². The van der Waals surface area contributed by atoms with Gasteiger partial charge in [0.1, 0.15) is 17.4 Å². The molecule has 28 heavy (non-hydrogen) atoms. The molecule has 3 heterocycles. The summed E-state index contributed by atoms with van der Waals surface area (Å²) >= 11 is 0. The second-order valence-corrected chi connectivity index (χ2v) is 6.04. The van der Waals surface area contributed by atoms with Gasteiger partial charge in [-0.05, 0) is 22.9 Å². The van der Waals surface area contributed by atoms with Crippen molar-refractivity contribution in [2.45, 2.75) is 26.4 Å². The van der Waals surface area contributed by atoms with Crippen molar-refractivity contribution in [3.8, 4) is 5.69 Å². The summed E-state index contributed by atoms with van der Waals surface area (Å²) in [6, 6.07) is 6.15. The monoisotopic (exact) mass is 381 g/mol. The number of fused-ring (bicyclic) bond motifs is 1. The van der Waals surface area contributed by atoms with Gasteiger partial charge in [0, 0.05) is 12.6 Å². The molecular formula is C16H15N9O3. The molecule has 12 nitrogen and oxygen atoms in total. The average molecular weight is 381 g/mol. The van der Waals surface area contributed by atoms with E-state index in [0.29, 0.717) is 12.4 Å². The molecule has 142 valence electrons. The van der Waals surface area contributed by atoms with Gasteiger partial charge in [-0.25, -0.2) is 14.3 Å². The molecule has 0 unspecified atom stereocenters. The number of hydrogen-bond donors (Lipinski definition) is 0. The lowest BCUT2D eigenvalue weighted by molar-refractivity contribution is -0.384. The molecule has 0 aliphatic heterocycles. The maximum absolute atomic E-state index is 12.8. The lowest BCUT2D eigenvalue weighted by Gasteiger charge is -2.07. The van der Waals surface area contributed by atoms with Crippen LogP contribution in [0.3, 0.4) is 0 Å². The number of nitrogens with zero attached hydrogens (tertiary/aromatic N) is 9. The summed E-state index contributed by atoms with van der Waals surface area (Å²) in [4.78, 5) is 27.9. The van der Waals surface area contributed by atoms with Gasteiger partial charge in [0.05, 0.1) is 17.7 Å². The molecule has 0 atom stereocenters. The van der Waals surface area contributed by atoms with Crippen LogP contribution in [0.4, 0.5) is 5.69 Å². The number of benzene rings is 1. The van der Waals surface area contributed by atoms with Gasteiger partial charge < -0.3 is 0 Å². The van der Waals surface area contributed by atoms with Crippen LogP contribution in [0.25, 0.3) is 16.7 Å². The third-order valence-corrected chi connectivity index (χ3v) is 4.21. The summed E-state index contributed by atoms with van der Waals surface area (Å²) in [6.45, 7) is 2.80. The fraction of sp³-hybridized carbons (Fsp3) is 0.250. The molecule has 0 N–H and O–H groups in total. The molecule has 0 aliphatic carbocycles. The van der Waals surface area contributed by atoms with Crippen molar-refractivity contribution in [1.29, 1.82) is 0 Å². The third kappa shape index (κ3) is 2.90. The Bertz CT molecular complexity index is 1220. The van der Waals surface area contributed by atoms with E-state index < -0.39 is 4.92 Å². The lowest BCUT2D eigenvalue weighted by atomic mass is 10.2. The predicted molar refractivity (Wildman–Crippen MR) is 97.0 cm³/mol. The number of nitro groups is 1. The van der Waals surface area contributed by atoms with Gasteiger partial charge in [-0.15, -0.1) is 5.10 Å². The van der Waals surface area contributed by atoms with Crippen LogP contribution < -0.4 is 5.56 Å². The van der Waals surface area contributed by atoms with Crippen molar-refractivity contribution in [2.75, 3.05) is 0 Å². The number of nitro benzene ring substituents is 1. The summed E-state index contributed by atoms with van der Waals surface area (Å²) in [5.41, 5.74) is 0.0147. The smallest absolute Gasteiger partial charge is 0.291 e. The van der Waals surface area contributed by atoms with Crippen molar-refractivity contribution >= 4 is 16.7 Å². The topological polar surface area (TPSA) is 139 Å². The normalized spacial score (nSPS) is 11.2. The van der Waals surface area contributed by atoms with E-state index in [4.69, 9.17) is 0 Å². The van der Waals surface area contributed by atoms with Crippen LogP contribution in [0, 0.1) is 10.1 Å². The number of hydrogen-bond acceptors (Lipinski definition) is 8. The number of aryl methyl sites for hydroxylation is 1. The van der Waals surface area contributed by atoms with E-state index in [-0.39, 0.29) is 34.5 Å². The molecular weight excluding hydrogens is 366 g/mol. The zero-order valence-electron chi connectivity index (χ0n) is 14.8. The molecule has 0 spiro atoms. The van der Waals surface area contributed by atoms with Crippen LogP contribution in [0.1, 0.15) is 19.2 Å². The maximum atomic E-state index is 12.8. The largest absolute Gasteiger partial charge is 0.294 e. The first-order valence-corrected chi connectivity index (χ1v) is 8.52. The van der Waals surface area contributed by atoms with Gasteiger partial charge in [-0.3, -0.25) is 19.5 Å². The molecule has 3 aromatic heterocycles. The SMILES string of the molecule is CCCn1nnnc1Cn1cnc2c(cnn2-c2ccccc2[N+](=O)[O-])c1=O. The molecule has 4 aromatic rings. The highest BCUT2D eigenvalue weighted by Crippen LogP contribution is 2.23. The first kappa shape index (κ1) is 17.5. The molecule has 0 bridgehead atoms. The van der Waals surface area contributed by atoms with Crippen LogP contribution in [-0.2, 0) is 13.1 Å².